The summed E-state index contributed by atoms with van der Waals surface area (Å²) in [5, 5.41) is 12.7. The number of halogens is 3. The molecule has 2 N–H and O–H groups in total. The molecular weight excluding hydrogens is 362 g/mol. The predicted molar refractivity (Wildman–Crippen MR) is 93.9 cm³/mol. The van der Waals surface area contributed by atoms with Crippen LogP contribution >= 0.6 is 11.6 Å². The van der Waals surface area contributed by atoms with Crippen LogP contribution in [0.25, 0.3) is 28.1 Å². The molecule has 132 valence electrons. The van der Waals surface area contributed by atoms with E-state index in [2.05, 4.69) is 15.4 Å². The van der Waals surface area contributed by atoms with Gasteiger partial charge in [-0.25, -0.2) is 8.78 Å². The first kappa shape index (κ1) is 16.6. The third-order valence-electron chi connectivity index (χ3n) is 4.10. The summed E-state index contributed by atoms with van der Waals surface area (Å²) < 4.78 is 29.7. The summed E-state index contributed by atoms with van der Waals surface area (Å²) in [4.78, 5) is 1.28. The Hall–Kier alpha value is -2.84. The van der Waals surface area contributed by atoms with Crippen LogP contribution in [-0.4, -0.2) is 24.8 Å². The van der Waals surface area contributed by atoms with E-state index in [9.17, 15) is 8.78 Å². The minimum atomic E-state index is -0.442. The molecule has 6 nitrogen and oxygen atoms in total. The zero-order valence-electron chi connectivity index (χ0n) is 13.6. The minimum absolute atomic E-state index is 0.0864. The Kier molecular flexibility index (Phi) is 3.93. The molecule has 26 heavy (non-hydrogen) atoms. The first-order chi connectivity index (χ1) is 12.5. The highest BCUT2D eigenvalue weighted by Crippen LogP contribution is 2.38. The van der Waals surface area contributed by atoms with Crippen LogP contribution in [-0.2, 0) is 13.6 Å². The molecular formula is C17H13ClF2N6. The Morgan fingerprint density at radius 1 is 1.15 bits per heavy atom. The van der Waals surface area contributed by atoms with Gasteiger partial charge in [0.05, 0.1) is 17.6 Å². The standard InChI is InChI=1S/C17H13ClF2N6/c1-25-23-17(22-24-25)16-15(18)12-6-10(19)3-5-14(12)26(16)11-4-2-9(8-21)13(20)7-11/h2-7H,8,21H2,1H3. The molecule has 0 amide bonds. The molecule has 0 aliphatic heterocycles. The van der Waals surface area contributed by atoms with Crippen LogP contribution in [0.3, 0.4) is 0 Å². The second kappa shape index (κ2) is 6.15. The first-order valence-electron chi connectivity index (χ1n) is 7.72. The van der Waals surface area contributed by atoms with Crippen LogP contribution in [0, 0.1) is 11.6 Å². The third kappa shape index (κ3) is 2.54. The van der Waals surface area contributed by atoms with E-state index in [1.54, 1.807) is 29.8 Å². The lowest BCUT2D eigenvalue weighted by Gasteiger charge is -2.10. The molecule has 0 aliphatic rings. The summed E-state index contributed by atoms with van der Waals surface area (Å²) in [6, 6.07) is 8.87. The van der Waals surface area contributed by atoms with E-state index in [0.717, 1.165) is 0 Å². The van der Waals surface area contributed by atoms with E-state index >= 15 is 0 Å². The highest BCUT2D eigenvalue weighted by molar-refractivity contribution is 6.38. The van der Waals surface area contributed by atoms with Crippen molar-refractivity contribution in [2.45, 2.75) is 6.54 Å². The van der Waals surface area contributed by atoms with E-state index in [0.29, 0.717) is 27.8 Å². The zero-order chi connectivity index (χ0) is 18.4. The largest absolute Gasteiger partial charge is 0.326 e. The number of aryl methyl sites for hydroxylation is 1. The van der Waals surface area contributed by atoms with Gasteiger partial charge in [-0.2, -0.15) is 4.80 Å². The van der Waals surface area contributed by atoms with Gasteiger partial charge < -0.3 is 10.3 Å². The Morgan fingerprint density at radius 2 is 1.96 bits per heavy atom. The van der Waals surface area contributed by atoms with Gasteiger partial charge in [0.15, 0.2) is 0 Å². The summed E-state index contributed by atoms with van der Waals surface area (Å²) in [6.45, 7) is 0.0864. The molecule has 4 aromatic rings. The smallest absolute Gasteiger partial charge is 0.223 e. The van der Waals surface area contributed by atoms with Crippen LogP contribution in [0.2, 0.25) is 5.02 Å². The van der Waals surface area contributed by atoms with Crippen molar-refractivity contribution in [2.75, 3.05) is 0 Å². The lowest BCUT2D eigenvalue weighted by atomic mass is 10.2. The van der Waals surface area contributed by atoms with E-state index in [1.165, 1.54) is 23.0 Å². The maximum atomic E-state index is 14.3. The Balaban J connectivity index is 2.08. The number of hydrogen-bond donors (Lipinski definition) is 1. The number of rotatable bonds is 3. The highest BCUT2D eigenvalue weighted by Gasteiger charge is 2.23. The fourth-order valence-electron chi connectivity index (χ4n) is 2.91. The van der Waals surface area contributed by atoms with Gasteiger partial charge in [-0.1, -0.05) is 17.7 Å². The maximum absolute atomic E-state index is 14.3. The number of fused-ring (bicyclic) bond motifs is 1. The van der Waals surface area contributed by atoms with Gasteiger partial charge in [-0.05, 0) is 35.5 Å². The van der Waals surface area contributed by atoms with Crippen LogP contribution < -0.4 is 5.73 Å². The molecule has 0 spiro atoms. The maximum Gasteiger partial charge on any atom is 0.223 e. The molecule has 0 radical (unpaired) electrons. The highest BCUT2D eigenvalue weighted by atomic mass is 35.5. The van der Waals surface area contributed by atoms with Gasteiger partial charge in [-0.15, -0.1) is 10.2 Å². The van der Waals surface area contributed by atoms with Crippen LogP contribution in [0.1, 0.15) is 5.56 Å². The van der Waals surface area contributed by atoms with Gasteiger partial charge in [0, 0.05) is 23.2 Å². The molecule has 2 heterocycles. The van der Waals surface area contributed by atoms with Crippen molar-refractivity contribution >= 4 is 22.5 Å². The molecule has 0 aliphatic carbocycles. The van der Waals surface area contributed by atoms with E-state index in [-0.39, 0.29) is 17.4 Å². The number of hydrogen-bond acceptors (Lipinski definition) is 4. The number of tetrazole rings is 1. The molecule has 0 atom stereocenters. The molecule has 0 saturated heterocycles. The van der Waals surface area contributed by atoms with Gasteiger partial charge in [-0.3, -0.25) is 0 Å². The summed E-state index contributed by atoms with van der Waals surface area (Å²) in [5.41, 5.74) is 7.41. The van der Waals surface area contributed by atoms with E-state index < -0.39 is 11.6 Å². The van der Waals surface area contributed by atoms with Crippen LogP contribution in [0.15, 0.2) is 36.4 Å². The van der Waals surface area contributed by atoms with E-state index in [1.807, 2.05) is 0 Å². The quantitative estimate of drug-likeness (QED) is 0.597. The van der Waals surface area contributed by atoms with Crippen LogP contribution in [0.4, 0.5) is 8.78 Å². The van der Waals surface area contributed by atoms with Gasteiger partial charge in [0.1, 0.15) is 17.3 Å². The molecule has 0 bridgehead atoms. The van der Waals surface area contributed by atoms with Gasteiger partial charge in [0.2, 0.25) is 5.82 Å². The van der Waals surface area contributed by atoms with Crippen molar-refractivity contribution in [3.8, 4) is 17.2 Å². The summed E-state index contributed by atoms with van der Waals surface area (Å²) >= 11 is 6.51. The van der Waals surface area contributed by atoms with Crippen LogP contribution in [0.5, 0.6) is 0 Å². The predicted octanol–water partition coefficient (Wildman–Crippen LogP) is 3.21. The zero-order valence-corrected chi connectivity index (χ0v) is 14.4. The van der Waals surface area contributed by atoms with Gasteiger partial charge >= 0.3 is 0 Å². The monoisotopic (exact) mass is 374 g/mol. The Morgan fingerprint density at radius 3 is 2.62 bits per heavy atom. The lowest BCUT2D eigenvalue weighted by molar-refractivity contribution is 0.609. The van der Waals surface area contributed by atoms with Crippen molar-refractivity contribution < 1.29 is 8.78 Å². The number of benzene rings is 2. The van der Waals surface area contributed by atoms with Crippen molar-refractivity contribution in [2.24, 2.45) is 12.8 Å². The first-order valence-corrected chi connectivity index (χ1v) is 8.10. The average molecular weight is 375 g/mol. The van der Waals surface area contributed by atoms with Gasteiger partial charge in [0.25, 0.3) is 0 Å². The second-order valence-corrected chi connectivity index (χ2v) is 6.12. The Bertz CT molecular complexity index is 1130. The lowest BCUT2D eigenvalue weighted by Crippen LogP contribution is -2.03. The SMILES string of the molecule is Cn1nnc(-c2c(Cl)c3cc(F)ccc3n2-c2ccc(CN)c(F)c2)n1. The topological polar surface area (TPSA) is 74.5 Å². The third-order valence-corrected chi connectivity index (χ3v) is 4.48. The fourth-order valence-corrected chi connectivity index (χ4v) is 3.23. The summed E-state index contributed by atoms with van der Waals surface area (Å²) in [5.74, 6) is -0.625. The fraction of sp³-hybridized carbons (Fsp3) is 0.118. The Labute approximate surface area is 151 Å². The van der Waals surface area contributed by atoms with Crippen molar-refractivity contribution in [1.82, 2.24) is 24.8 Å². The molecule has 0 fully saturated rings. The number of nitrogens with two attached hydrogens (primary N) is 1. The molecule has 0 saturated carbocycles. The number of aromatic nitrogens is 5. The van der Waals surface area contributed by atoms with Crippen molar-refractivity contribution in [3.05, 3.63) is 58.6 Å². The molecule has 0 unspecified atom stereocenters. The summed E-state index contributed by atoms with van der Waals surface area (Å²) in [6.07, 6.45) is 0. The van der Waals surface area contributed by atoms with Crippen molar-refractivity contribution in [3.63, 3.8) is 0 Å². The minimum Gasteiger partial charge on any atom is -0.326 e. The average Bonchev–Trinajstić information content (AvgIpc) is 3.16. The molecule has 9 heteroatoms. The molecule has 2 aromatic heterocycles. The van der Waals surface area contributed by atoms with Crippen molar-refractivity contribution in [1.29, 1.82) is 0 Å². The summed E-state index contributed by atoms with van der Waals surface area (Å²) in [7, 11) is 1.62. The molecule has 4 rings (SSSR count). The van der Waals surface area contributed by atoms with E-state index in [4.69, 9.17) is 17.3 Å². The normalized spacial score (nSPS) is 11.4. The number of nitrogens with zero attached hydrogens (tertiary/aromatic N) is 5. The second-order valence-electron chi connectivity index (χ2n) is 5.74. The molecule has 2 aromatic carbocycles.